The standard InChI is InChI=1S/C17H33NO5/c1-2-3-4-5-6-7-12-18(15-19,13-8-10-16(20)21)14-9-11-17(22)23/h19H,2-15H2,1H3,(H-,20,21,22,23). The zero-order chi connectivity index (χ0) is 17.6. The van der Waals surface area contributed by atoms with Crippen molar-refractivity contribution in [2.45, 2.75) is 71.1 Å². The Morgan fingerprint density at radius 3 is 1.91 bits per heavy atom. The van der Waals surface area contributed by atoms with Crippen LogP contribution in [0.3, 0.4) is 0 Å². The minimum absolute atomic E-state index is 0.0184. The molecule has 2 N–H and O–H groups in total. The second kappa shape index (κ2) is 13.3. The molecule has 0 aromatic heterocycles. The molecular weight excluding hydrogens is 298 g/mol. The van der Waals surface area contributed by atoms with Crippen LogP contribution >= 0.6 is 0 Å². The summed E-state index contributed by atoms with van der Waals surface area (Å²) in [6.07, 6.45) is 7.92. The molecule has 0 aromatic rings. The molecular formula is C17H33NO5. The van der Waals surface area contributed by atoms with Gasteiger partial charge in [0.05, 0.1) is 26.1 Å². The van der Waals surface area contributed by atoms with Gasteiger partial charge in [0.1, 0.15) is 0 Å². The fourth-order valence-electron chi connectivity index (χ4n) is 2.90. The van der Waals surface area contributed by atoms with Gasteiger partial charge in [-0.25, -0.2) is 0 Å². The molecule has 1 unspecified atom stereocenters. The van der Waals surface area contributed by atoms with Gasteiger partial charge in [-0.2, -0.15) is 0 Å². The Morgan fingerprint density at radius 2 is 1.39 bits per heavy atom. The molecule has 6 nitrogen and oxygen atoms in total. The molecule has 0 fully saturated rings. The van der Waals surface area contributed by atoms with Crippen LogP contribution in [0, 0.1) is 0 Å². The number of rotatable bonds is 16. The molecule has 0 aromatic carbocycles. The molecule has 0 radical (unpaired) electrons. The summed E-state index contributed by atoms with van der Waals surface area (Å²) in [6.45, 7) is 4.01. The summed E-state index contributed by atoms with van der Waals surface area (Å²) in [5, 5.41) is 29.2. The second-order valence-corrected chi connectivity index (χ2v) is 6.39. The third kappa shape index (κ3) is 12.0. The third-order valence-corrected chi connectivity index (χ3v) is 4.32. The third-order valence-electron chi connectivity index (χ3n) is 4.32. The lowest BCUT2D eigenvalue weighted by Crippen LogP contribution is -2.51. The van der Waals surface area contributed by atoms with Crippen LogP contribution < -0.4 is 5.11 Å². The van der Waals surface area contributed by atoms with Crippen molar-refractivity contribution in [2.75, 3.05) is 26.4 Å². The van der Waals surface area contributed by atoms with Crippen LogP contribution in [0.25, 0.3) is 0 Å². The van der Waals surface area contributed by atoms with Crippen molar-refractivity contribution in [3.05, 3.63) is 0 Å². The normalized spacial score (nSPS) is 13.7. The van der Waals surface area contributed by atoms with Crippen LogP contribution in [-0.2, 0) is 9.59 Å². The lowest BCUT2D eigenvalue weighted by molar-refractivity contribution is -0.945. The van der Waals surface area contributed by atoms with Crippen molar-refractivity contribution in [1.82, 2.24) is 0 Å². The average molecular weight is 331 g/mol. The van der Waals surface area contributed by atoms with E-state index in [9.17, 15) is 19.8 Å². The summed E-state index contributed by atoms with van der Waals surface area (Å²) in [5.41, 5.74) is 0. The van der Waals surface area contributed by atoms with Crippen LogP contribution in [-0.4, -0.2) is 53.0 Å². The van der Waals surface area contributed by atoms with Crippen molar-refractivity contribution in [3.63, 3.8) is 0 Å². The van der Waals surface area contributed by atoms with Crippen molar-refractivity contribution in [3.8, 4) is 0 Å². The molecule has 0 saturated heterocycles. The quantitative estimate of drug-likeness (QED) is 0.254. The van der Waals surface area contributed by atoms with Crippen LogP contribution in [0.2, 0.25) is 0 Å². The second-order valence-electron chi connectivity index (χ2n) is 6.39. The fraction of sp³-hybridized carbons (Fsp3) is 0.882. The summed E-state index contributed by atoms with van der Waals surface area (Å²) >= 11 is 0. The van der Waals surface area contributed by atoms with Crippen LogP contribution in [0.15, 0.2) is 0 Å². The average Bonchev–Trinajstić information content (AvgIpc) is 2.49. The smallest absolute Gasteiger partial charge is 0.303 e. The van der Waals surface area contributed by atoms with Gasteiger partial charge in [-0.05, 0) is 19.3 Å². The maximum Gasteiger partial charge on any atom is 0.303 e. The highest BCUT2D eigenvalue weighted by Crippen LogP contribution is 2.15. The number of carboxylic acid groups (broad SMARTS) is 2. The first-order valence-electron chi connectivity index (χ1n) is 8.83. The lowest BCUT2D eigenvalue weighted by Gasteiger charge is -2.37. The number of carboxylic acids is 2. The Labute approximate surface area is 139 Å². The van der Waals surface area contributed by atoms with Crippen molar-refractivity contribution in [1.29, 1.82) is 0 Å². The first-order valence-corrected chi connectivity index (χ1v) is 8.83. The summed E-state index contributed by atoms with van der Waals surface area (Å²) in [4.78, 5) is 21.3. The SMILES string of the molecule is CCCCCCCC[N+](CO)(CCCC(=O)[O-])CCCC(=O)O. The van der Waals surface area contributed by atoms with Gasteiger partial charge >= 0.3 is 5.97 Å². The number of carbonyl (C=O) groups excluding carboxylic acids is 1. The highest BCUT2D eigenvalue weighted by atomic mass is 16.4. The number of nitrogens with zero attached hydrogens (tertiary/aromatic N) is 1. The van der Waals surface area contributed by atoms with Crippen molar-refractivity contribution < 1.29 is 29.4 Å². The van der Waals surface area contributed by atoms with Gasteiger partial charge < -0.3 is 24.6 Å². The summed E-state index contributed by atoms with van der Waals surface area (Å²) in [5.74, 6) is -1.92. The van der Waals surface area contributed by atoms with Gasteiger partial charge in [-0.3, -0.25) is 4.79 Å². The van der Waals surface area contributed by atoms with Crippen LogP contribution in [0.4, 0.5) is 0 Å². The van der Waals surface area contributed by atoms with Gasteiger partial charge in [0, 0.05) is 18.8 Å². The van der Waals surface area contributed by atoms with E-state index in [-0.39, 0.29) is 19.6 Å². The largest absolute Gasteiger partial charge is 0.550 e. The number of aliphatic hydroxyl groups excluding tert-OH is 1. The number of hydrogen-bond acceptors (Lipinski definition) is 4. The van der Waals surface area contributed by atoms with E-state index >= 15 is 0 Å². The summed E-state index contributed by atoms with van der Waals surface area (Å²) < 4.78 is 0.397. The molecule has 0 spiro atoms. The van der Waals surface area contributed by atoms with E-state index in [4.69, 9.17) is 5.11 Å². The maximum atomic E-state index is 10.7. The molecule has 0 aliphatic heterocycles. The van der Waals surface area contributed by atoms with Gasteiger partial charge in [0.15, 0.2) is 6.73 Å². The number of hydrogen-bond donors (Lipinski definition) is 2. The lowest BCUT2D eigenvalue weighted by atomic mass is 10.1. The number of quaternary nitrogens is 1. The van der Waals surface area contributed by atoms with Gasteiger partial charge in [-0.15, -0.1) is 0 Å². The molecule has 0 bridgehead atoms. The molecule has 0 aliphatic carbocycles. The molecule has 6 heteroatoms. The highest BCUT2D eigenvalue weighted by Gasteiger charge is 2.25. The Balaban J connectivity index is 4.35. The van der Waals surface area contributed by atoms with Crippen LogP contribution in [0.5, 0.6) is 0 Å². The molecule has 0 heterocycles. The molecule has 1 atom stereocenters. The Morgan fingerprint density at radius 1 is 0.870 bits per heavy atom. The minimum Gasteiger partial charge on any atom is -0.550 e. The van der Waals surface area contributed by atoms with E-state index in [0.717, 1.165) is 19.4 Å². The zero-order valence-corrected chi connectivity index (χ0v) is 14.5. The highest BCUT2D eigenvalue weighted by molar-refractivity contribution is 5.66. The van der Waals surface area contributed by atoms with E-state index in [1.807, 2.05) is 0 Å². The molecule has 0 amide bonds. The van der Waals surface area contributed by atoms with E-state index in [1.165, 1.54) is 25.7 Å². The van der Waals surface area contributed by atoms with E-state index in [1.54, 1.807) is 0 Å². The number of aliphatic hydroxyl groups is 1. The monoisotopic (exact) mass is 331 g/mol. The predicted molar refractivity (Wildman–Crippen MR) is 86.4 cm³/mol. The summed E-state index contributed by atoms with van der Waals surface area (Å²) in [6, 6.07) is 0. The Kier molecular flexibility index (Phi) is 12.7. The Hall–Kier alpha value is -1.14. The predicted octanol–water partition coefficient (Wildman–Crippen LogP) is 1.51. The van der Waals surface area contributed by atoms with Gasteiger partial charge in [0.25, 0.3) is 0 Å². The van der Waals surface area contributed by atoms with E-state index in [0.29, 0.717) is 30.4 Å². The van der Waals surface area contributed by atoms with Gasteiger partial charge in [0.2, 0.25) is 0 Å². The Bertz CT molecular complexity index is 313. The fourth-order valence-corrected chi connectivity index (χ4v) is 2.90. The minimum atomic E-state index is -1.08. The zero-order valence-electron chi connectivity index (χ0n) is 14.5. The van der Waals surface area contributed by atoms with Crippen LogP contribution in [0.1, 0.15) is 71.1 Å². The van der Waals surface area contributed by atoms with E-state index in [2.05, 4.69) is 6.92 Å². The summed E-state index contributed by atoms with van der Waals surface area (Å²) in [7, 11) is 0. The number of unbranched alkanes of at least 4 members (excludes halogenated alkanes) is 5. The first-order chi connectivity index (χ1) is 11.0. The van der Waals surface area contributed by atoms with Crippen molar-refractivity contribution >= 4 is 11.9 Å². The topological polar surface area (TPSA) is 97.7 Å². The number of carbonyl (C=O) groups is 2. The molecule has 0 saturated carbocycles. The van der Waals surface area contributed by atoms with E-state index < -0.39 is 11.9 Å². The number of aliphatic carboxylic acids is 2. The first kappa shape index (κ1) is 21.9. The molecule has 23 heavy (non-hydrogen) atoms. The molecule has 0 aliphatic rings. The maximum absolute atomic E-state index is 10.7. The van der Waals surface area contributed by atoms with Crippen molar-refractivity contribution in [2.24, 2.45) is 0 Å². The molecule has 0 rings (SSSR count). The molecule has 136 valence electrons. The van der Waals surface area contributed by atoms with Gasteiger partial charge in [-0.1, -0.05) is 32.6 Å².